The molecule has 1 aromatic heterocycles. The molecule has 0 unspecified atom stereocenters. The number of hydrogen-bond acceptors (Lipinski definition) is 1. The third kappa shape index (κ3) is 4.54. The number of aromatic nitrogens is 1. The largest absolute Gasteiger partial charge is 0.507 e. The molecule has 0 spiro atoms. The van der Waals surface area contributed by atoms with Crippen molar-refractivity contribution in [2.75, 3.05) is 0 Å². The molecule has 0 saturated carbocycles. The van der Waals surface area contributed by atoms with Crippen molar-refractivity contribution in [2.24, 2.45) is 0 Å². The monoisotopic (exact) mass is 434 g/mol. The molecule has 4 aromatic rings. The molecule has 0 aliphatic heterocycles. The molecule has 1 N–H and O–H groups in total. The zero-order chi connectivity index (χ0) is 20.1. The summed E-state index contributed by atoms with van der Waals surface area (Å²) in [5.41, 5.74) is 4.44. The molecule has 0 fully saturated rings. The van der Waals surface area contributed by atoms with Gasteiger partial charge < -0.3 is 9.67 Å². The number of rotatable bonds is 3. The van der Waals surface area contributed by atoms with Crippen molar-refractivity contribution in [2.45, 2.75) is 13.5 Å². The fourth-order valence-electron chi connectivity index (χ4n) is 3.65. The van der Waals surface area contributed by atoms with Crippen LogP contribution in [0.3, 0.4) is 0 Å². The van der Waals surface area contributed by atoms with Crippen molar-refractivity contribution >= 4 is 27.9 Å². The van der Waals surface area contributed by atoms with E-state index in [9.17, 15) is 5.11 Å². The van der Waals surface area contributed by atoms with Crippen molar-refractivity contribution in [3.8, 4) is 0 Å². The van der Waals surface area contributed by atoms with Crippen LogP contribution >= 0.6 is 0 Å². The number of fused-ring (bicyclic) bond motifs is 3. The molecular formula is C27H24FeNO-. The van der Waals surface area contributed by atoms with Crippen molar-refractivity contribution in [1.29, 1.82) is 0 Å². The average Bonchev–Trinajstić information content (AvgIpc) is 3.54. The number of aliphatic hydroxyl groups excluding tert-OH is 1. The molecular weight excluding hydrogens is 410 g/mol. The van der Waals surface area contributed by atoms with E-state index >= 15 is 0 Å². The Balaban J connectivity index is 0.000000376. The van der Waals surface area contributed by atoms with Gasteiger partial charge in [0.05, 0.1) is 0 Å². The summed E-state index contributed by atoms with van der Waals surface area (Å²) in [6.45, 7) is 3.12. The molecule has 1 aliphatic rings. The smallest absolute Gasteiger partial charge is 0.122 e. The Morgan fingerprint density at radius 3 is 2.30 bits per heavy atom. The van der Waals surface area contributed by atoms with Crippen molar-refractivity contribution < 1.29 is 22.2 Å². The van der Waals surface area contributed by atoms with Gasteiger partial charge in [-0.05, 0) is 36.8 Å². The van der Waals surface area contributed by atoms with Gasteiger partial charge >= 0.3 is 0 Å². The van der Waals surface area contributed by atoms with Gasteiger partial charge in [-0.15, -0.1) is 0 Å². The second kappa shape index (κ2) is 10.1. The second-order valence-corrected chi connectivity index (χ2v) is 6.89. The topological polar surface area (TPSA) is 25.2 Å². The van der Waals surface area contributed by atoms with E-state index in [-0.39, 0.29) is 22.8 Å². The maximum Gasteiger partial charge on any atom is 0.122 e. The van der Waals surface area contributed by atoms with Crippen LogP contribution in [0.4, 0.5) is 0 Å². The first-order chi connectivity index (χ1) is 14.3. The first-order valence-electron chi connectivity index (χ1n) is 9.91. The van der Waals surface area contributed by atoms with Crippen LogP contribution in [-0.4, -0.2) is 9.67 Å². The molecule has 5 rings (SSSR count). The maximum absolute atomic E-state index is 10.1. The summed E-state index contributed by atoms with van der Waals surface area (Å²) < 4.78 is 2.34. The number of nitrogens with zero attached hydrogens (tertiary/aromatic N) is 1. The van der Waals surface area contributed by atoms with Gasteiger partial charge in [0, 0.05) is 51.0 Å². The predicted molar refractivity (Wildman–Crippen MR) is 124 cm³/mol. The number of allylic oxidation sites excluding steroid dienone is 6. The molecule has 0 radical (unpaired) electrons. The van der Waals surface area contributed by atoms with E-state index in [0.717, 1.165) is 17.7 Å². The summed E-state index contributed by atoms with van der Waals surface area (Å²) in [6, 6.07) is 25.0. The van der Waals surface area contributed by atoms with Gasteiger partial charge in [0.1, 0.15) is 5.76 Å². The minimum atomic E-state index is 0. The Morgan fingerprint density at radius 2 is 1.63 bits per heavy atom. The number of hydrogen-bond donors (Lipinski definition) is 1. The van der Waals surface area contributed by atoms with Gasteiger partial charge in [-0.3, -0.25) is 0 Å². The van der Waals surface area contributed by atoms with Gasteiger partial charge in [-0.1, -0.05) is 54.6 Å². The maximum atomic E-state index is 10.1. The van der Waals surface area contributed by atoms with Crippen LogP contribution in [0.15, 0.2) is 115 Å². The fraction of sp³-hybridized carbons (Fsp3) is 0.0741. The van der Waals surface area contributed by atoms with E-state index in [1.807, 2.05) is 60.7 Å². The zero-order valence-electron chi connectivity index (χ0n) is 16.8. The van der Waals surface area contributed by atoms with Crippen LogP contribution in [0.2, 0.25) is 0 Å². The number of aryl methyl sites for hydroxylation is 1. The molecule has 152 valence electrons. The van der Waals surface area contributed by atoms with Crippen molar-refractivity contribution in [3.05, 3.63) is 120 Å². The van der Waals surface area contributed by atoms with Crippen LogP contribution in [0, 0.1) is 0 Å². The Kier molecular flexibility index (Phi) is 7.24. The first-order valence-corrected chi connectivity index (χ1v) is 9.91. The number of benzene rings is 2. The van der Waals surface area contributed by atoms with Crippen LogP contribution in [0.5, 0.6) is 0 Å². The number of para-hydroxylation sites is 1. The Bertz CT molecular complexity index is 1210. The zero-order valence-corrected chi connectivity index (χ0v) is 18.0. The Morgan fingerprint density at radius 1 is 0.933 bits per heavy atom. The molecule has 3 aromatic carbocycles. The standard InChI is InChI=1S/C22H19NO.C5H5.Fe/c1-2-23-20-10-6-5-9-18(20)19-15-16(11-13-21(19)23)12-14-22(24)17-7-3-4-8-17;1-2-4-5-3-1;/h3-15,24H,2H2,1H3;1-5H;/q;-1;. The summed E-state index contributed by atoms with van der Waals surface area (Å²) in [5, 5.41) is 12.6. The molecule has 0 saturated heterocycles. The summed E-state index contributed by atoms with van der Waals surface area (Å²) in [4.78, 5) is 0. The van der Waals surface area contributed by atoms with Gasteiger partial charge in [0.2, 0.25) is 0 Å². The van der Waals surface area contributed by atoms with Crippen molar-refractivity contribution in [1.82, 2.24) is 4.57 Å². The average molecular weight is 434 g/mol. The number of aliphatic hydroxyl groups is 1. The van der Waals surface area contributed by atoms with E-state index in [1.165, 1.54) is 21.8 Å². The molecule has 3 heteroatoms. The van der Waals surface area contributed by atoms with Crippen LogP contribution in [0.25, 0.3) is 27.9 Å². The van der Waals surface area contributed by atoms with Gasteiger partial charge in [-0.2, -0.15) is 18.2 Å². The third-order valence-electron chi connectivity index (χ3n) is 5.06. The molecule has 0 bridgehead atoms. The normalized spacial score (nSPS) is 12.4. The Labute approximate surface area is 188 Å². The van der Waals surface area contributed by atoms with E-state index in [1.54, 1.807) is 6.08 Å². The van der Waals surface area contributed by atoms with E-state index in [4.69, 9.17) is 0 Å². The minimum Gasteiger partial charge on any atom is -0.507 e. The van der Waals surface area contributed by atoms with Crippen LogP contribution in [-0.2, 0) is 23.6 Å². The summed E-state index contributed by atoms with van der Waals surface area (Å²) in [6.07, 6.45) is 11.4. The fourth-order valence-corrected chi connectivity index (χ4v) is 3.65. The summed E-state index contributed by atoms with van der Waals surface area (Å²) >= 11 is 0. The van der Waals surface area contributed by atoms with Crippen LogP contribution < -0.4 is 0 Å². The second-order valence-electron chi connectivity index (χ2n) is 6.89. The van der Waals surface area contributed by atoms with Crippen molar-refractivity contribution in [3.63, 3.8) is 0 Å². The van der Waals surface area contributed by atoms with Gasteiger partial charge in [0.15, 0.2) is 0 Å². The molecule has 30 heavy (non-hydrogen) atoms. The molecule has 2 nitrogen and oxygen atoms in total. The Hall–Kier alpha value is -3.13. The summed E-state index contributed by atoms with van der Waals surface area (Å²) in [7, 11) is 0. The first kappa shape index (κ1) is 21.6. The summed E-state index contributed by atoms with van der Waals surface area (Å²) in [5.74, 6) is 0.288. The van der Waals surface area contributed by atoms with E-state index < -0.39 is 0 Å². The third-order valence-corrected chi connectivity index (χ3v) is 5.06. The molecule has 1 heterocycles. The van der Waals surface area contributed by atoms with E-state index in [2.05, 4.69) is 54.0 Å². The molecule has 0 atom stereocenters. The van der Waals surface area contributed by atoms with Crippen LogP contribution in [0.1, 0.15) is 12.5 Å². The SMILES string of the molecule is CCn1c2ccccc2c2cc(C=CC(O)=C3C=CC=C3)ccc21.[Fe].c1cc[cH-]c1. The van der Waals surface area contributed by atoms with Gasteiger partial charge in [0.25, 0.3) is 0 Å². The molecule has 0 amide bonds. The van der Waals surface area contributed by atoms with Gasteiger partial charge in [-0.25, -0.2) is 12.1 Å². The molecule has 1 aliphatic carbocycles. The van der Waals surface area contributed by atoms with E-state index in [0.29, 0.717) is 0 Å². The minimum absolute atomic E-state index is 0. The quantitative estimate of drug-likeness (QED) is 0.206. The predicted octanol–water partition coefficient (Wildman–Crippen LogP) is 7.17.